The molecule has 2 aliphatic heterocycles. The number of aliphatic imine (C=N–C) groups is 2. The van der Waals surface area contributed by atoms with Crippen LogP contribution in [0, 0.1) is 6.92 Å². The third-order valence-corrected chi connectivity index (χ3v) is 7.19. The lowest BCUT2D eigenvalue weighted by molar-refractivity contribution is 0.0115. The van der Waals surface area contributed by atoms with Crippen molar-refractivity contribution in [1.29, 1.82) is 0 Å². The smallest absolute Gasteiger partial charge is 0.228 e. The van der Waals surface area contributed by atoms with Crippen LogP contribution >= 0.6 is 0 Å². The lowest BCUT2D eigenvalue weighted by atomic mass is 10.0. The van der Waals surface area contributed by atoms with Gasteiger partial charge in [0.05, 0.1) is 13.2 Å². The molecule has 0 amide bonds. The van der Waals surface area contributed by atoms with Crippen molar-refractivity contribution in [3.05, 3.63) is 72.3 Å². The van der Waals surface area contributed by atoms with Crippen LogP contribution in [0.2, 0.25) is 0 Å². The van der Waals surface area contributed by atoms with Crippen LogP contribution in [0.1, 0.15) is 25.5 Å². The van der Waals surface area contributed by atoms with E-state index < -0.39 is 0 Å². The summed E-state index contributed by atoms with van der Waals surface area (Å²) < 4.78 is 5.51. The third-order valence-electron chi connectivity index (χ3n) is 7.19. The van der Waals surface area contributed by atoms with Gasteiger partial charge in [0.15, 0.2) is 5.82 Å². The topological polar surface area (TPSA) is 103 Å². The van der Waals surface area contributed by atoms with E-state index in [1.54, 1.807) is 12.3 Å². The Morgan fingerprint density at radius 2 is 1.77 bits per heavy atom. The van der Waals surface area contributed by atoms with Gasteiger partial charge in [0.2, 0.25) is 5.96 Å². The van der Waals surface area contributed by atoms with Gasteiger partial charge in [-0.3, -0.25) is 4.90 Å². The molecule has 3 aromatic rings. The van der Waals surface area contributed by atoms with Crippen molar-refractivity contribution in [2.45, 2.75) is 32.7 Å². The largest absolute Gasteiger partial charge is 0.379 e. The molecule has 0 radical (unpaired) electrons. The van der Waals surface area contributed by atoms with Crippen LogP contribution in [0.4, 0.5) is 17.2 Å². The average Bonchev–Trinajstić information content (AvgIpc) is 3.01. The monoisotopic (exact) mass is 539 g/mol. The number of benzene rings is 1. The fourth-order valence-electron chi connectivity index (χ4n) is 5.05. The molecule has 208 valence electrons. The minimum absolute atomic E-state index is 0.384. The number of allylic oxidation sites excluding steroid dienone is 1. The van der Waals surface area contributed by atoms with Crippen molar-refractivity contribution >= 4 is 29.9 Å². The van der Waals surface area contributed by atoms with Gasteiger partial charge in [0.25, 0.3) is 0 Å². The maximum Gasteiger partial charge on any atom is 0.228 e. The van der Waals surface area contributed by atoms with Crippen LogP contribution in [0.15, 0.2) is 76.6 Å². The normalized spacial score (nSPS) is 17.5. The van der Waals surface area contributed by atoms with Crippen molar-refractivity contribution in [1.82, 2.24) is 19.9 Å². The summed E-state index contributed by atoms with van der Waals surface area (Å²) in [4.78, 5) is 27.2. The predicted octanol–water partition coefficient (Wildman–Crippen LogP) is 4.59. The Morgan fingerprint density at radius 3 is 2.48 bits per heavy atom. The van der Waals surface area contributed by atoms with Crippen LogP contribution in [-0.4, -0.2) is 78.0 Å². The molecule has 2 saturated heterocycles. The van der Waals surface area contributed by atoms with E-state index in [4.69, 9.17) is 4.74 Å². The number of anilines is 3. The molecular weight excluding hydrogens is 502 g/mol. The SMILES string of the molecule is C=N/C(=N\C(=C/C)Nc1ccnc(-c2cccc(C)n2)n1)Nc1ccc(N2CCC(N3CCOCC3)CC2)cc1. The maximum absolute atomic E-state index is 5.51. The summed E-state index contributed by atoms with van der Waals surface area (Å²) in [5, 5.41) is 6.50. The summed E-state index contributed by atoms with van der Waals surface area (Å²) in [6.45, 7) is 13.5. The first-order chi connectivity index (χ1) is 19.6. The second kappa shape index (κ2) is 13.3. The molecule has 2 N–H and O–H groups in total. The average molecular weight is 540 g/mol. The number of nitrogens with zero attached hydrogens (tertiary/aromatic N) is 7. The van der Waals surface area contributed by atoms with Gasteiger partial charge in [0.1, 0.15) is 17.3 Å². The zero-order chi connectivity index (χ0) is 27.7. The van der Waals surface area contributed by atoms with Gasteiger partial charge in [-0.25, -0.2) is 19.9 Å². The Morgan fingerprint density at radius 1 is 1.00 bits per heavy atom. The molecule has 2 aliphatic rings. The molecule has 2 aromatic heterocycles. The number of hydrogen-bond donors (Lipinski definition) is 2. The summed E-state index contributed by atoms with van der Waals surface area (Å²) >= 11 is 0. The lowest BCUT2D eigenvalue weighted by Gasteiger charge is -2.40. The predicted molar refractivity (Wildman–Crippen MR) is 162 cm³/mol. The summed E-state index contributed by atoms with van der Waals surface area (Å²) in [7, 11) is 0. The Labute approximate surface area is 236 Å². The number of pyridine rings is 1. The van der Waals surface area contributed by atoms with Gasteiger partial charge in [-0.05, 0) is 81.9 Å². The van der Waals surface area contributed by atoms with E-state index in [1.165, 1.54) is 18.5 Å². The minimum Gasteiger partial charge on any atom is -0.379 e. The van der Waals surface area contributed by atoms with E-state index in [9.17, 15) is 0 Å². The van der Waals surface area contributed by atoms with E-state index >= 15 is 0 Å². The number of guanidine groups is 1. The van der Waals surface area contributed by atoms with Crippen LogP contribution in [0.3, 0.4) is 0 Å². The molecule has 0 unspecified atom stereocenters. The number of aryl methyl sites for hydroxylation is 1. The first-order valence-corrected chi connectivity index (χ1v) is 13.8. The van der Waals surface area contributed by atoms with E-state index in [0.717, 1.165) is 50.8 Å². The summed E-state index contributed by atoms with van der Waals surface area (Å²) in [6.07, 6.45) is 5.92. The molecule has 2 fully saturated rings. The molecular formula is C30H37N9O. The fourth-order valence-corrected chi connectivity index (χ4v) is 5.05. The molecule has 0 aliphatic carbocycles. The fraction of sp³-hybridized carbons (Fsp3) is 0.367. The number of piperidine rings is 1. The zero-order valence-corrected chi connectivity index (χ0v) is 23.3. The first-order valence-electron chi connectivity index (χ1n) is 13.8. The van der Waals surface area contributed by atoms with E-state index in [-0.39, 0.29) is 0 Å². The van der Waals surface area contributed by atoms with Crippen LogP contribution in [0.25, 0.3) is 11.5 Å². The molecule has 5 rings (SSSR count). The highest BCUT2D eigenvalue weighted by atomic mass is 16.5. The van der Waals surface area contributed by atoms with Gasteiger partial charge < -0.3 is 20.3 Å². The number of rotatable bonds is 7. The molecule has 0 atom stereocenters. The number of nitrogens with one attached hydrogen (secondary N) is 2. The summed E-state index contributed by atoms with van der Waals surface area (Å²) in [6, 6.07) is 16.6. The molecule has 4 heterocycles. The number of aromatic nitrogens is 3. The minimum atomic E-state index is 0.384. The first kappa shape index (κ1) is 27.4. The van der Waals surface area contributed by atoms with E-state index in [1.807, 2.05) is 38.1 Å². The number of morpholine rings is 1. The molecule has 10 nitrogen and oxygen atoms in total. The summed E-state index contributed by atoms with van der Waals surface area (Å²) in [5.74, 6) is 2.11. The third kappa shape index (κ3) is 7.08. The highest BCUT2D eigenvalue weighted by molar-refractivity contribution is 5.97. The molecule has 40 heavy (non-hydrogen) atoms. The van der Waals surface area contributed by atoms with Crippen LogP contribution in [0.5, 0.6) is 0 Å². The molecule has 1 aromatic carbocycles. The highest BCUT2D eigenvalue weighted by Gasteiger charge is 2.25. The van der Waals surface area contributed by atoms with E-state index in [0.29, 0.717) is 35.2 Å². The van der Waals surface area contributed by atoms with E-state index in [2.05, 4.69) is 76.4 Å². The van der Waals surface area contributed by atoms with Crippen LogP contribution in [-0.2, 0) is 4.74 Å². The Hall–Kier alpha value is -4.15. The zero-order valence-electron chi connectivity index (χ0n) is 23.3. The van der Waals surface area contributed by atoms with Crippen molar-refractivity contribution < 1.29 is 4.74 Å². The Bertz CT molecular complexity index is 1340. The van der Waals surface area contributed by atoms with Crippen LogP contribution < -0.4 is 15.5 Å². The molecule has 10 heteroatoms. The van der Waals surface area contributed by atoms with Crippen molar-refractivity contribution in [3.63, 3.8) is 0 Å². The Kier molecular flexibility index (Phi) is 9.10. The lowest BCUT2D eigenvalue weighted by Crippen LogP contribution is -2.49. The van der Waals surface area contributed by atoms with Gasteiger partial charge >= 0.3 is 0 Å². The second-order valence-electron chi connectivity index (χ2n) is 9.86. The van der Waals surface area contributed by atoms with Gasteiger partial charge in [-0.1, -0.05) is 6.07 Å². The van der Waals surface area contributed by atoms with Gasteiger partial charge in [0, 0.05) is 55.5 Å². The second-order valence-corrected chi connectivity index (χ2v) is 9.86. The van der Waals surface area contributed by atoms with Crippen molar-refractivity contribution in [3.8, 4) is 11.5 Å². The standard InChI is InChI=1S/C30H37N9O/c1-4-27(35-28-12-15-32-29(36-28)26-7-5-6-22(2)33-26)37-30(31-3)34-23-8-10-24(11-9-23)38-16-13-25(14-17-38)39-18-20-40-21-19-39/h4-12,15,25H,3,13-14,16-21H2,1-2H3,(H,34,37)(H,32,35,36)/b27-4-. The van der Waals surface area contributed by atoms with Gasteiger partial charge in [-0.15, -0.1) is 0 Å². The van der Waals surface area contributed by atoms with Crippen molar-refractivity contribution in [2.75, 3.05) is 54.9 Å². The maximum atomic E-state index is 5.51. The molecule has 0 saturated carbocycles. The van der Waals surface area contributed by atoms with Gasteiger partial charge in [-0.2, -0.15) is 4.99 Å². The quantitative estimate of drug-likeness (QED) is 0.332. The number of ether oxygens (including phenoxy) is 1. The number of hydrogen-bond acceptors (Lipinski definition) is 8. The molecule has 0 spiro atoms. The highest BCUT2D eigenvalue weighted by Crippen LogP contribution is 2.25. The Balaban J connectivity index is 1.19. The van der Waals surface area contributed by atoms with Crippen molar-refractivity contribution in [2.24, 2.45) is 9.98 Å². The summed E-state index contributed by atoms with van der Waals surface area (Å²) in [5.41, 5.74) is 3.75. The molecule has 0 bridgehead atoms.